The van der Waals surface area contributed by atoms with Crippen molar-refractivity contribution in [2.24, 2.45) is 5.92 Å². The van der Waals surface area contributed by atoms with Gasteiger partial charge in [0.1, 0.15) is 17.1 Å². The summed E-state index contributed by atoms with van der Waals surface area (Å²) in [5.41, 5.74) is 0.409. The molecule has 0 aliphatic carbocycles. The van der Waals surface area contributed by atoms with E-state index >= 15 is 0 Å². The first-order valence-electron chi connectivity index (χ1n) is 12.8. The number of nitrogens with zero attached hydrogens (tertiary/aromatic N) is 2. The largest absolute Gasteiger partial charge is 0.494 e. The van der Waals surface area contributed by atoms with Crippen molar-refractivity contribution in [3.8, 4) is 5.75 Å². The number of anilines is 1. The number of Topliss-reactive ketones (excluding diaryl/α,β-unsaturated/α-hetero) is 1. The molecular formula is C29H26FN3O5. The van der Waals surface area contributed by atoms with Crippen molar-refractivity contribution in [3.05, 3.63) is 99.4 Å². The number of nitro groups is 1. The molecular weight excluding hydrogens is 489 g/mol. The number of carbonyl (C=O) groups excluding carboxylic acids is 2. The van der Waals surface area contributed by atoms with Crippen molar-refractivity contribution in [3.63, 3.8) is 0 Å². The molecule has 2 fully saturated rings. The van der Waals surface area contributed by atoms with Crippen LogP contribution in [0.5, 0.6) is 5.75 Å². The minimum absolute atomic E-state index is 0.0809. The zero-order valence-corrected chi connectivity index (χ0v) is 20.7. The fraction of sp³-hybridized carbons (Fsp3) is 0.310. The second kappa shape index (κ2) is 9.02. The van der Waals surface area contributed by atoms with E-state index in [1.54, 1.807) is 36.4 Å². The van der Waals surface area contributed by atoms with Crippen LogP contribution in [0, 0.1) is 21.8 Å². The number of ketones is 1. The highest BCUT2D eigenvalue weighted by atomic mass is 19.1. The Labute approximate surface area is 218 Å². The van der Waals surface area contributed by atoms with Crippen LogP contribution < -0.4 is 10.1 Å². The third kappa shape index (κ3) is 3.45. The standard InChI is InChI=1S/C29H26FN3O5/c1-2-38-21-11-8-17(9-12-21)27(34)26-25(18-5-3-6-20(15-18)33(36)37)24-7-4-14-32(24)29(26)22-16-19(30)10-13-23(22)31-28(29)35/h3,5-6,8-13,15-16,24-26H,2,4,7,14H2,1H3,(H,31,35)/t24?,25?,26?,29-/m1/s1. The predicted octanol–water partition coefficient (Wildman–Crippen LogP) is 5.04. The molecule has 0 radical (unpaired) electrons. The van der Waals surface area contributed by atoms with Gasteiger partial charge in [-0.25, -0.2) is 4.39 Å². The molecule has 6 rings (SSSR count). The Morgan fingerprint density at radius 1 is 1.18 bits per heavy atom. The first-order chi connectivity index (χ1) is 18.4. The highest BCUT2D eigenvalue weighted by Gasteiger charge is 2.69. The van der Waals surface area contributed by atoms with Crippen LogP contribution >= 0.6 is 0 Å². The summed E-state index contributed by atoms with van der Waals surface area (Å²) in [7, 11) is 0. The summed E-state index contributed by atoms with van der Waals surface area (Å²) in [6.45, 7) is 2.90. The molecule has 3 heterocycles. The summed E-state index contributed by atoms with van der Waals surface area (Å²) >= 11 is 0. The zero-order valence-electron chi connectivity index (χ0n) is 20.7. The average molecular weight is 516 g/mol. The van der Waals surface area contributed by atoms with Gasteiger partial charge in [-0.15, -0.1) is 0 Å². The molecule has 1 amide bonds. The van der Waals surface area contributed by atoms with Gasteiger partial charge < -0.3 is 10.1 Å². The second-order valence-corrected chi connectivity index (χ2v) is 9.99. The monoisotopic (exact) mass is 515 g/mol. The van der Waals surface area contributed by atoms with Gasteiger partial charge in [-0.3, -0.25) is 24.6 Å². The van der Waals surface area contributed by atoms with Crippen LogP contribution in [0.15, 0.2) is 66.7 Å². The van der Waals surface area contributed by atoms with Crippen molar-refractivity contribution in [2.45, 2.75) is 37.3 Å². The number of hydrogen-bond acceptors (Lipinski definition) is 6. The Morgan fingerprint density at radius 3 is 2.71 bits per heavy atom. The van der Waals surface area contributed by atoms with Crippen molar-refractivity contribution < 1.29 is 23.6 Å². The number of nitrogens with one attached hydrogen (secondary N) is 1. The van der Waals surface area contributed by atoms with Gasteiger partial charge in [-0.2, -0.15) is 0 Å². The molecule has 38 heavy (non-hydrogen) atoms. The summed E-state index contributed by atoms with van der Waals surface area (Å²) in [6, 6.07) is 17.0. The van der Waals surface area contributed by atoms with E-state index < -0.39 is 28.1 Å². The van der Waals surface area contributed by atoms with Gasteiger partial charge in [0.05, 0.1) is 17.4 Å². The summed E-state index contributed by atoms with van der Waals surface area (Å²) in [6.07, 6.45) is 1.50. The Kier molecular flexibility index (Phi) is 5.75. The van der Waals surface area contributed by atoms with E-state index in [0.29, 0.717) is 47.7 Å². The fourth-order valence-electron chi connectivity index (χ4n) is 6.81. The zero-order chi connectivity index (χ0) is 26.6. The molecule has 8 nitrogen and oxygen atoms in total. The number of halogens is 1. The fourth-order valence-corrected chi connectivity index (χ4v) is 6.81. The first kappa shape index (κ1) is 24.2. The van der Waals surface area contributed by atoms with Crippen LogP contribution in [0.3, 0.4) is 0 Å². The van der Waals surface area contributed by atoms with Gasteiger partial charge in [0.15, 0.2) is 5.78 Å². The molecule has 3 aromatic carbocycles. The first-order valence-corrected chi connectivity index (χ1v) is 12.8. The Hall–Kier alpha value is -4.11. The lowest BCUT2D eigenvalue weighted by atomic mass is 9.68. The van der Waals surface area contributed by atoms with E-state index in [-0.39, 0.29) is 23.4 Å². The highest BCUT2D eigenvalue weighted by Crippen LogP contribution is 2.61. The molecule has 0 bridgehead atoms. The van der Waals surface area contributed by atoms with Crippen LogP contribution in [-0.2, 0) is 10.3 Å². The number of fused-ring (bicyclic) bond motifs is 4. The number of non-ortho nitro benzene ring substituents is 1. The number of ether oxygens (including phenoxy) is 1. The molecule has 3 unspecified atom stereocenters. The van der Waals surface area contributed by atoms with Crippen LogP contribution in [-0.4, -0.2) is 40.7 Å². The average Bonchev–Trinajstić information content (AvgIpc) is 3.57. The number of nitro benzene ring substituents is 1. The summed E-state index contributed by atoms with van der Waals surface area (Å²) in [5, 5.41) is 14.5. The Morgan fingerprint density at radius 2 is 1.97 bits per heavy atom. The summed E-state index contributed by atoms with van der Waals surface area (Å²) in [5.74, 6) is -1.98. The molecule has 4 atom stereocenters. The molecule has 9 heteroatoms. The Bertz CT molecular complexity index is 1460. The number of hydrogen-bond donors (Lipinski definition) is 1. The molecule has 194 valence electrons. The lowest BCUT2D eigenvalue weighted by Crippen LogP contribution is -2.52. The number of rotatable bonds is 6. The van der Waals surface area contributed by atoms with Gasteiger partial charge >= 0.3 is 0 Å². The van der Waals surface area contributed by atoms with Gasteiger partial charge in [0.25, 0.3) is 5.69 Å². The van der Waals surface area contributed by atoms with Gasteiger partial charge in [-0.1, -0.05) is 12.1 Å². The van der Waals surface area contributed by atoms with Crippen molar-refractivity contribution in [1.29, 1.82) is 0 Å². The lowest BCUT2D eigenvalue weighted by molar-refractivity contribution is -0.384. The van der Waals surface area contributed by atoms with Crippen LogP contribution in [0.2, 0.25) is 0 Å². The molecule has 1 N–H and O–H groups in total. The van der Waals surface area contributed by atoms with E-state index in [1.807, 2.05) is 11.8 Å². The predicted molar refractivity (Wildman–Crippen MR) is 138 cm³/mol. The van der Waals surface area contributed by atoms with Crippen LogP contribution in [0.1, 0.15) is 47.2 Å². The normalized spacial score (nSPS) is 25.7. The van der Waals surface area contributed by atoms with E-state index in [4.69, 9.17) is 4.74 Å². The molecule has 1 spiro atoms. The number of carbonyl (C=O) groups is 2. The van der Waals surface area contributed by atoms with Gasteiger partial charge in [0, 0.05) is 40.9 Å². The number of benzene rings is 3. The molecule has 3 aliphatic rings. The Balaban J connectivity index is 1.58. The van der Waals surface area contributed by atoms with Crippen LogP contribution in [0.4, 0.5) is 15.8 Å². The smallest absolute Gasteiger partial charge is 0.269 e. The summed E-state index contributed by atoms with van der Waals surface area (Å²) < 4.78 is 20.2. The molecule has 0 saturated carbocycles. The number of amides is 1. The maximum atomic E-state index is 14.7. The van der Waals surface area contributed by atoms with E-state index in [2.05, 4.69) is 5.32 Å². The molecule has 2 saturated heterocycles. The third-order valence-corrected chi connectivity index (χ3v) is 8.16. The minimum Gasteiger partial charge on any atom is -0.494 e. The van der Waals surface area contributed by atoms with E-state index in [1.165, 1.54) is 30.3 Å². The van der Waals surface area contributed by atoms with E-state index in [9.17, 15) is 24.1 Å². The van der Waals surface area contributed by atoms with Crippen molar-refractivity contribution >= 4 is 23.1 Å². The topological polar surface area (TPSA) is 102 Å². The van der Waals surface area contributed by atoms with Crippen LogP contribution in [0.25, 0.3) is 0 Å². The third-order valence-electron chi connectivity index (χ3n) is 8.16. The highest BCUT2D eigenvalue weighted by molar-refractivity contribution is 6.12. The maximum absolute atomic E-state index is 14.7. The molecule has 3 aromatic rings. The van der Waals surface area contributed by atoms with Crippen molar-refractivity contribution in [2.75, 3.05) is 18.5 Å². The quantitative estimate of drug-likeness (QED) is 0.280. The van der Waals surface area contributed by atoms with E-state index in [0.717, 1.165) is 6.42 Å². The summed E-state index contributed by atoms with van der Waals surface area (Å²) in [4.78, 5) is 41.7. The molecule has 3 aliphatic heterocycles. The minimum atomic E-state index is -1.44. The lowest BCUT2D eigenvalue weighted by Gasteiger charge is -2.36. The SMILES string of the molecule is CCOc1ccc(C(=O)C2C(c3cccc([N+](=O)[O-])c3)C3CCCN3[C@@]23C(=O)Nc2ccc(F)cc23)cc1. The second-order valence-electron chi connectivity index (χ2n) is 9.99. The van der Waals surface area contributed by atoms with Gasteiger partial charge in [0.2, 0.25) is 5.91 Å². The van der Waals surface area contributed by atoms with Gasteiger partial charge in [-0.05, 0) is 74.3 Å². The van der Waals surface area contributed by atoms with Crippen molar-refractivity contribution in [1.82, 2.24) is 4.90 Å². The maximum Gasteiger partial charge on any atom is 0.269 e. The molecule has 0 aromatic heterocycles.